The second-order valence-electron chi connectivity index (χ2n) is 6.47. The van der Waals surface area contributed by atoms with E-state index >= 15 is 0 Å². The third-order valence-electron chi connectivity index (χ3n) is 3.94. The van der Waals surface area contributed by atoms with Crippen molar-refractivity contribution in [2.75, 3.05) is 13.2 Å². The Labute approximate surface area is 142 Å². The third kappa shape index (κ3) is 6.03. The van der Waals surface area contributed by atoms with E-state index in [2.05, 4.69) is 5.32 Å². The summed E-state index contributed by atoms with van der Waals surface area (Å²) in [5.41, 5.74) is 1.12. The van der Waals surface area contributed by atoms with Gasteiger partial charge < -0.3 is 19.9 Å². The molecule has 2 unspecified atom stereocenters. The second-order valence-corrected chi connectivity index (χ2v) is 6.47. The summed E-state index contributed by atoms with van der Waals surface area (Å²) in [5, 5.41) is 12.0. The van der Waals surface area contributed by atoms with Crippen LogP contribution in [0.5, 0.6) is 0 Å². The van der Waals surface area contributed by atoms with E-state index in [1.807, 2.05) is 44.2 Å². The van der Waals surface area contributed by atoms with Crippen molar-refractivity contribution in [3.8, 4) is 0 Å². The van der Waals surface area contributed by atoms with E-state index in [9.17, 15) is 9.59 Å². The first-order valence-corrected chi connectivity index (χ1v) is 8.19. The van der Waals surface area contributed by atoms with Crippen LogP contribution >= 0.6 is 0 Å². The Bertz CT molecular complexity index is 558. The van der Waals surface area contributed by atoms with Crippen molar-refractivity contribution >= 4 is 11.8 Å². The monoisotopic (exact) mass is 335 g/mol. The lowest BCUT2D eigenvalue weighted by Crippen LogP contribution is -2.43. The van der Waals surface area contributed by atoms with E-state index in [0.29, 0.717) is 26.0 Å². The highest BCUT2D eigenvalue weighted by molar-refractivity contribution is 5.97. The lowest BCUT2D eigenvalue weighted by molar-refractivity contribution is -0.140. The molecular weight excluding hydrogens is 310 g/mol. The van der Waals surface area contributed by atoms with Crippen LogP contribution in [-0.2, 0) is 25.5 Å². The molecule has 2 rings (SSSR count). The Balaban J connectivity index is 1.89. The van der Waals surface area contributed by atoms with Gasteiger partial charge in [0.15, 0.2) is 11.6 Å². The molecule has 0 aromatic heterocycles. The first-order chi connectivity index (χ1) is 11.4. The first-order valence-electron chi connectivity index (χ1n) is 8.19. The van der Waals surface area contributed by atoms with E-state index in [1.165, 1.54) is 0 Å². The van der Waals surface area contributed by atoms with Crippen LogP contribution in [0.25, 0.3) is 0 Å². The average Bonchev–Trinajstić information content (AvgIpc) is 2.86. The van der Waals surface area contributed by atoms with E-state index in [1.54, 1.807) is 0 Å². The molecule has 2 atom stereocenters. The zero-order valence-corrected chi connectivity index (χ0v) is 14.2. The number of rotatable bonds is 9. The van der Waals surface area contributed by atoms with Gasteiger partial charge in [-0.3, -0.25) is 9.59 Å². The van der Waals surface area contributed by atoms with Gasteiger partial charge in [0.25, 0.3) is 0 Å². The number of aliphatic carboxylic acids is 1. The summed E-state index contributed by atoms with van der Waals surface area (Å²) < 4.78 is 11.2. The predicted molar refractivity (Wildman–Crippen MR) is 88.7 cm³/mol. The van der Waals surface area contributed by atoms with Crippen LogP contribution in [-0.4, -0.2) is 47.9 Å². The third-order valence-corrected chi connectivity index (χ3v) is 3.94. The smallest absolute Gasteiger partial charge is 0.310 e. The Morgan fingerprint density at radius 3 is 2.62 bits per heavy atom. The normalized spacial score (nSPS) is 20.7. The summed E-state index contributed by atoms with van der Waals surface area (Å²) >= 11 is 0. The molecule has 6 nitrogen and oxygen atoms in total. The molecule has 1 aliphatic rings. The minimum atomic E-state index is -1.10. The van der Waals surface area contributed by atoms with Crippen molar-refractivity contribution in [1.82, 2.24) is 5.32 Å². The molecule has 1 aromatic rings. The van der Waals surface area contributed by atoms with Gasteiger partial charge in [0.2, 0.25) is 0 Å². The molecule has 1 aromatic carbocycles. The molecule has 0 bridgehead atoms. The van der Waals surface area contributed by atoms with Gasteiger partial charge in [-0.2, -0.15) is 0 Å². The topological polar surface area (TPSA) is 84.9 Å². The fourth-order valence-corrected chi connectivity index (χ4v) is 2.74. The first kappa shape index (κ1) is 18.6. The zero-order valence-electron chi connectivity index (χ0n) is 14.2. The highest BCUT2D eigenvalue weighted by Crippen LogP contribution is 2.22. The lowest BCUT2D eigenvalue weighted by Gasteiger charge is -2.21. The molecule has 0 radical (unpaired) electrons. The quantitative estimate of drug-likeness (QED) is 0.669. The maximum absolute atomic E-state index is 12.2. The van der Waals surface area contributed by atoms with Gasteiger partial charge in [-0.05, 0) is 32.3 Å². The Morgan fingerprint density at radius 2 is 2.04 bits per heavy atom. The Morgan fingerprint density at radius 1 is 1.33 bits per heavy atom. The number of benzene rings is 1. The maximum Gasteiger partial charge on any atom is 0.310 e. The number of carboxylic acid groups (broad SMARTS) is 1. The van der Waals surface area contributed by atoms with Gasteiger partial charge >= 0.3 is 5.97 Å². The summed E-state index contributed by atoms with van der Waals surface area (Å²) in [5.74, 6) is -2.03. The van der Waals surface area contributed by atoms with Crippen molar-refractivity contribution in [3.05, 3.63) is 35.9 Å². The molecule has 1 aliphatic heterocycles. The molecule has 1 fully saturated rings. The highest BCUT2D eigenvalue weighted by atomic mass is 16.7. The maximum atomic E-state index is 12.2. The molecular formula is C18H25NO5. The van der Waals surface area contributed by atoms with Crippen LogP contribution in [0, 0.1) is 0 Å². The lowest BCUT2D eigenvalue weighted by atomic mass is 10.0. The number of aryl methyl sites for hydroxylation is 1. The summed E-state index contributed by atoms with van der Waals surface area (Å²) in [6.45, 7) is 4.59. The zero-order chi connectivity index (χ0) is 17.6. The van der Waals surface area contributed by atoms with Crippen molar-refractivity contribution in [3.63, 3.8) is 0 Å². The largest absolute Gasteiger partial charge is 0.481 e. The van der Waals surface area contributed by atoms with Gasteiger partial charge in [0, 0.05) is 6.54 Å². The number of Topliss-reactive ketones (excluding diaryl/α,β-unsaturated/α-hetero) is 1. The molecule has 1 saturated heterocycles. The van der Waals surface area contributed by atoms with Crippen LogP contribution in [0.4, 0.5) is 0 Å². The van der Waals surface area contributed by atoms with Crippen molar-refractivity contribution in [2.24, 2.45) is 0 Å². The van der Waals surface area contributed by atoms with Crippen LogP contribution in [0.3, 0.4) is 0 Å². The molecule has 132 valence electrons. The van der Waals surface area contributed by atoms with Crippen LogP contribution in [0.2, 0.25) is 0 Å². The van der Waals surface area contributed by atoms with Crippen molar-refractivity contribution in [1.29, 1.82) is 0 Å². The highest BCUT2D eigenvalue weighted by Gasteiger charge is 2.33. The molecule has 0 amide bonds. The van der Waals surface area contributed by atoms with Crippen LogP contribution < -0.4 is 5.32 Å². The molecule has 0 aliphatic carbocycles. The number of carboxylic acids is 1. The summed E-state index contributed by atoms with van der Waals surface area (Å²) in [4.78, 5) is 23.0. The van der Waals surface area contributed by atoms with E-state index < -0.39 is 24.2 Å². The number of nitrogens with one attached hydrogen (secondary N) is 1. The van der Waals surface area contributed by atoms with Gasteiger partial charge in [0.05, 0.1) is 18.8 Å². The van der Waals surface area contributed by atoms with Crippen molar-refractivity contribution < 1.29 is 24.2 Å². The number of carbonyl (C=O) groups is 2. The number of hydrogen-bond donors (Lipinski definition) is 2. The minimum absolute atomic E-state index is 0.142. The average molecular weight is 335 g/mol. The van der Waals surface area contributed by atoms with Crippen LogP contribution in [0.1, 0.15) is 32.3 Å². The Hall–Kier alpha value is -1.76. The SMILES string of the molecule is CC1(C)OCC(CNC(CCc2ccccc2)C(=O)CC(=O)O)O1. The summed E-state index contributed by atoms with van der Waals surface area (Å²) in [7, 11) is 0. The van der Waals surface area contributed by atoms with Crippen LogP contribution in [0.15, 0.2) is 30.3 Å². The molecule has 24 heavy (non-hydrogen) atoms. The summed E-state index contributed by atoms with van der Waals surface area (Å²) in [6, 6.07) is 9.32. The number of ketones is 1. The number of hydrogen-bond acceptors (Lipinski definition) is 5. The fraction of sp³-hybridized carbons (Fsp3) is 0.556. The number of ether oxygens (including phenoxy) is 2. The van der Waals surface area contributed by atoms with E-state index in [-0.39, 0.29) is 11.9 Å². The molecule has 2 N–H and O–H groups in total. The fourth-order valence-electron chi connectivity index (χ4n) is 2.74. The van der Waals surface area contributed by atoms with Gasteiger partial charge in [-0.1, -0.05) is 30.3 Å². The van der Waals surface area contributed by atoms with Gasteiger partial charge in [-0.25, -0.2) is 0 Å². The molecule has 1 heterocycles. The summed E-state index contributed by atoms with van der Waals surface area (Å²) in [6.07, 6.45) is 0.640. The van der Waals surface area contributed by atoms with E-state index in [4.69, 9.17) is 14.6 Å². The predicted octanol–water partition coefficient (Wildman–Crippen LogP) is 1.77. The van der Waals surface area contributed by atoms with Crippen molar-refractivity contribution in [2.45, 2.75) is 51.0 Å². The second kappa shape index (κ2) is 8.37. The van der Waals surface area contributed by atoms with Gasteiger partial charge in [-0.15, -0.1) is 0 Å². The van der Waals surface area contributed by atoms with E-state index in [0.717, 1.165) is 5.56 Å². The number of carbonyl (C=O) groups excluding carboxylic acids is 1. The Kier molecular flexibility index (Phi) is 6.48. The standard InChI is InChI=1S/C18H25NO5/c1-18(2)23-12-14(24-18)11-19-15(16(20)10-17(21)22)9-8-13-6-4-3-5-7-13/h3-7,14-15,19H,8-12H2,1-2H3,(H,21,22). The molecule has 0 spiro atoms. The minimum Gasteiger partial charge on any atom is -0.481 e. The van der Waals surface area contributed by atoms with Gasteiger partial charge in [0.1, 0.15) is 6.42 Å². The molecule has 6 heteroatoms. The molecule has 0 saturated carbocycles.